The Bertz CT molecular complexity index is 756. The molecule has 0 aromatic heterocycles. The van der Waals surface area contributed by atoms with Crippen LogP contribution in [0.1, 0.15) is 47.0 Å². The number of aliphatic hydroxyl groups excluding tert-OH is 2. The van der Waals surface area contributed by atoms with Crippen molar-refractivity contribution >= 4 is 46.5 Å². The van der Waals surface area contributed by atoms with Crippen molar-refractivity contribution in [2.24, 2.45) is 5.41 Å². The van der Waals surface area contributed by atoms with E-state index in [1.807, 2.05) is 0 Å². The average molecular weight is 522 g/mol. The number of rotatable bonds is 16. The number of ether oxygens (including phenoxy) is 1. The molecule has 0 bridgehead atoms. The molecule has 14 heteroatoms. The Labute approximate surface area is 207 Å². The van der Waals surface area contributed by atoms with Crippen LogP contribution in [0.15, 0.2) is 0 Å². The summed E-state index contributed by atoms with van der Waals surface area (Å²) in [6, 6.07) is -1.42. The van der Waals surface area contributed by atoms with E-state index in [2.05, 4.69) is 16.0 Å². The molecule has 3 amide bonds. The third-order valence-electron chi connectivity index (χ3n) is 4.42. The summed E-state index contributed by atoms with van der Waals surface area (Å²) >= 11 is 0.994. The number of hydrogen-bond acceptors (Lipinski definition) is 10. The van der Waals surface area contributed by atoms with Crippen molar-refractivity contribution in [3.8, 4) is 0 Å². The van der Waals surface area contributed by atoms with Gasteiger partial charge in [-0.05, 0) is 6.92 Å². The van der Waals surface area contributed by atoms with Crippen molar-refractivity contribution in [2.45, 2.75) is 65.2 Å². The summed E-state index contributed by atoms with van der Waals surface area (Å²) in [5, 5.41) is 35.3. The minimum absolute atomic E-state index is 0.0285. The fourth-order valence-electron chi connectivity index (χ4n) is 2.54. The van der Waals surface area contributed by atoms with Crippen molar-refractivity contribution in [1.29, 1.82) is 0 Å². The van der Waals surface area contributed by atoms with Crippen molar-refractivity contribution < 1.29 is 48.8 Å². The maximum absolute atomic E-state index is 12.2. The number of esters is 1. The summed E-state index contributed by atoms with van der Waals surface area (Å²) in [6.07, 6.45) is -3.08. The molecule has 0 fully saturated rings. The molecular formula is C21H35N3O10S. The number of carbonyl (C=O) groups excluding carboxylic acids is 5. The van der Waals surface area contributed by atoms with E-state index < -0.39 is 60.4 Å². The second-order valence-electron chi connectivity index (χ2n) is 8.51. The number of carbonyl (C=O) groups is 6. The predicted molar refractivity (Wildman–Crippen MR) is 125 cm³/mol. The van der Waals surface area contributed by atoms with E-state index in [9.17, 15) is 33.9 Å². The molecule has 0 saturated heterocycles. The highest BCUT2D eigenvalue weighted by atomic mass is 32.2. The largest absolute Gasteiger partial charge is 0.481 e. The lowest BCUT2D eigenvalue weighted by molar-refractivity contribution is -0.158. The second-order valence-corrected chi connectivity index (χ2v) is 9.67. The Hall–Kier alpha value is -2.71. The summed E-state index contributed by atoms with van der Waals surface area (Å²) < 4.78 is 5.02. The number of aliphatic carboxylic acids is 1. The number of carboxylic acids is 1. The highest BCUT2D eigenvalue weighted by Crippen LogP contribution is 2.22. The quantitative estimate of drug-likeness (QED) is 0.102. The Morgan fingerprint density at radius 1 is 1.00 bits per heavy atom. The zero-order valence-corrected chi connectivity index (χ0v) is 21.1. The van der Waals surface area contributed by atoms with Crippen molar-refractivity contribution in [2.75, 3.05) is 25.4 Å². The van der Waals surface area contributed by atoms with Crippen LogP contribution in [0.2, 0.25) is 0 Å². The molecular weight excluding hydrogens is 486 g/mol. The molecule has 0 aromatic carbocycles. The Kier molecular flexibility index (Phi) is 14.8. The molecule has 6 N–H and O–H groups in total. The highest BCUT2D eigenvalue weighted by Gasteiger charge is 2.36. The Morgan fingerprint density at radius 2 is 1.63 bits per heavy atom. The Morgan fingerprint density at radius 3 is 2.17 bits per heavy atom. The molecule has 0 spiro atoms. The smallest absolute Gasteiger partial charge is 0.329 e. The fourth-order valence-corrected chi connectivity index (χ4v) is 3.34. The van der Waals surface area contributed by atoms with Gasteiger partial charge < -0.3 is 36.0 Å². The number of amides is 3. The normalized spacial score (nSPS) is 13.7. The van der Waals surface area contributed by atoms with Crippen LogP contribution in [0.25, 0.3) is 0 Å². The summed E-state index contributed by atoms with van der Waals surface area (Å²) in [4.78, 5) is 69.7. The van der Waals surface area contributed by atoms with Gasteiger partial charge >= 0.3 is 11.9 Å². The molecule has 0 heterocycles. The third kappa shape index (κ3) is 15.0. The third-order valence-corrected chi connectivity index (χ3v) is 5.31. The number of aliphatic hydroxyl groups is 2. The molecule has 0 saturated carbocycles. The van der Waals surface area contributed by atoms with E-state index in [4.69, 9.17) is 14.9 Å². The zero-order valence-electron chi connectivity index (χ0n) is 20.3. The lowest BCUT2D eigenvalue weighted by atomic mass is 9.87. The van der Waals surface area contributed by atoms with Crippen molar-refractivity contribution in [1.82, 2.24) is 16.0 Å². The van der Waals surface area contributed by atoms with Gasteiger partial charge in [0, 0.05) is 44.0 Å². The van der Waals surface area contributed by atoms with Gasteiger partial charge in [0.05, 0.1) is 19.1 Å². The second kappa shape index (κ2) is 16.1. The average Bonchev–Trinajstić information content (AvgIpc) is 2.72. The molecule has 0 aliphatic heterocycles. The zero-order chi connectivity index (χ0) is 27.2. The number of nitrogens with one attached hydrogen (secondary N) is 3. The number of thioether (sulfide) groups is 1. The van der Waals surface area contributed by atoms with Crippen LogP contribution in [0.5, 0.6) is 0 Å². The summed E-state index contributed by atoms with van der Waals surface area (Å²) in [7, 11) is 0. The molecule has 3 atom stereocenters. The molecule has 35 heavy (non-hydrogen) atoms. The van der Waals surface area contributed by atoms with Crippen molar-refractivity contribution in [3.05, 3.63) is 0 Å². The minimum atomic E-state index is -1.62. The standard InChI is InChI=1S/C21H35N3O10S/c1-12(25)9-17(30)35-8-7-22-15(27)5-6-23-19(32)18(31)21(3,4)11-34-20(33)14(10-16(28)29)24-13(2)26/h12,14,18,25,31H,5-11H2,1-4H3,(H,22,27)(H,23,32)(H,24,26)(H,28,29)/t12-,14+,18+/m1/s1. The molecule has 13 nitrogen and oxygen atoms in total. The SMILES string of the molecule is CC(=O)N[C@@H](CC(=O)O)C(=O)OCC(C)(C)[C@@H](O)C(=O)NCCC(=O)NCCSC(=O)C[C@@H](C)O. The van der Waals surface area contributed by atoms with Crippen LogP contribution in [-0.4, -0.2) is 93.8 Å². The van der Waals surface area contributed by atoms with E-state index in [-0.39, 0.29) is 37.0 Å². The van der Waals surface area contributed by atoms with Gasteiger partial charge in [0.15, 0.2) is 5.12 Å². The van der Waals surface area contributed by atoms with E-state index in [0.29, 0.717) is 5.75 Å². The predicted octanol–water partition coefficient (Wildman–Crippen LogP) is -1.45. The van der Waals surface area contributed by atoms with E-state index in [1.54, 1.807) is 0 Å². The van der Waals surface area contributed by atoms with Gasteiger partial charge in [0.25, 0.3) is 0 Å². The van der Waals surface area contributed by atoms with Gasteiger partial charge in [-0.3, -0.25) is 24.0 Å². The van der Waals surface area contributed by atoms with E-state index >= 15 is 0 Å². The van der Waals surface area contributed by atoms with Gasteiger partial charge in [-0.25, -0.2) is 4.79 Å². The van der Waals surface area contributed by atoms with Gasteiger partial charge in [-0.1, -0.05) is 25.6 Å². The van der Waals surface area contributed by atoms with Crippen LogP contribution >= 0.6 is 11.8 Å². The van der Waals surface area contributed by atoms with Gasteiger partial charge in [0.1, 0.15) is 12.1 Å². The number of hydrogen-bond donors (Lipinski definition) is 6. The lowest BCUT2D eigenvalue weighted by Crippen LogP contribution is -2.48. The summed E-state index contributed by atoms with van der Waals surface area (Å²) in [5.74, 6) is -3.82. The maximum atomic E-state index is 12.2. The summed E-state index contributed by atoms with van der Waals surface area (Å²) in [6.45, 7) is 5.21. The van der Waals surface area contributed by atoms with Crippen LogP contribution in [0.3, 0.4) is 0 Å². The van der Waals surface area contributed by atoms with Crippen LogP contribution in [0.4, 0.5) is 0 Å². The Balaban J connectivity index is 4.43. The first-order valence-corrected chi connectivity index (χ1v) is 11.9. The topological polar surface area (TPSA) is 208 Å². The van der Waals surface area contributed by atoms with E-state index in [1.165, 1.54) is 20.8 Å². The van der Waals surface area contributed by atoms with Gasteiger partial charge in [0.2, 0.25) is 17.7 Å². The first kappa shape index (κ1) is 32.3. The fraction of sp³-hybridized carbons (Fsp3) is 0.714. The lowest BCUT2D eigenvalue weighted by Gasteiger charge is -2.29. The van der Waals surface area contributed by atoms with Crippen LogP contribution in [0, 0.1) is 5.41 Å². The van der Waals surface area contributed by atoms with Gasteiger partial charge in [-0.2, -0.15) is 0 Å². The molecule has 0 unspecified atom stereocenters. The molecule has 0 rings (SSSR count). The first-order chi connectivity index (χ1) is 16.2. The molecule has 0 aliphatic rings. The van der Waals surface area contributed by atoms with Crippen molar-refractivity contribution in [3.63, 3.8) is 0 Å². The molecule has 0 aliphatic carbocycles. The van der Waals surface area contributed by atoms with Crippen LogP contribution in [-0.2, 0) is 33.5 Å². The molecule has 200 valence electrons. The molecule has 0 radical (unpaired) electrons. The summed E-state index contributed by atoms with van der Waals surface area (Å²) in [5.41, 5.74) is -1.26. The van der Waals surface area contributed by atoms with E-state index in [0.717, 1.165) is 18.7 Å². The molecule has 0 aromatic rings. The maximum Gasteiger partial charge on any atom is 0.329 e. The van der Waals surface area contributed by atoms with Crippen LogP contribution < -0.4 is 16.0 Å². The van der Waals surface area contributed by atoms with Gasteiger partial charge in [-0.15, -0.1) is 0 Å². The first-order valence-electron chi connectivity index (χ1n) is 10.9. The number of carboxylic acid groups (broad SMARTS) is 1. The highest BCUT2D eigenvalue weighted by molar-refractivity contribution is 8.13. The minimum Gasteiger partial charge on any atom is -0.481 e. The monoisotopic (exact) mass is 521 g/mol.